The maximum Gasteiger partial charge on any atom is 0.105 e. The first kappa shape index (κ1) is 16.4. The molecule has 1 saturated heterocycles. The fourth-order valence-corrected chi connectivity index (χ4v) is 4.52. The topological polar surface area (TPSA) is 44.3 Å². The highest BCUT2D eigenvalue weighted by Gasteiger charge is 2.35. The van der Waals surface area contributed by atoms with Gasteiger partial charge in [0.1, 0.15) is 6.10 Å². The van der Waals surface area contributed by atoms with E-state index >= 15 is 0 Å². The molecule has 0 bridgehead atoms. The van der Waals surface area contributed by atoms with Crippen LogP contribution in [-0.4, -0.2) is 0 Å². The van der Waals surface area contributed by atoms with Gasteiger partial charge in [0.25, 0.3) is 0 Å². The summed E-state index contributed by atoms with van der Waals surface area (Å²) in [5, 5.41) is 3.58. The van der Waals surface area contributed by atoms with Gasteiger partial charge in [-0.25, -0.2) is 0 Å². The molecule has 0 saturated carbocycles. The van der Waals surface area contributed by atoms with Crippen molar-refractivity contribution in [2.45, 2.75) is 17.9 Å². The van der Waals surface area contributed by atoms with E-state index in [9.17, 15) is 4.89 Å². The van der Waals surface area contributed by atoms with Crippen molar-refractivity contribution in [2.24, 2.45) is 0 Å². The van der Waals surface area contributed by atoms with Gasteiger partial charge in [-0.3, -0.25) is 5.32 Å². The Kier molecular flexibility index (Phi) is 4.91. The average molecular weight is 348 g/mol. The maximum absolute atomic E-state index is 12.8. The molecule has 1 aliphatic heterocycles. The van der Waals surface area contributed by atoms with E-state index in [-0.39, 0.29) is 17.9 Å². The molecule has 0 amide bonds. The highest BCUT2D eigenvalue weighted by atomic mass is 31.2. The smallest absolute Gasteiger partial charge is 0.105 e. The summed E-state index contributed by atoms with van der Waals surface area (Å²) in [4.78, 5) is 12.8. The zero-order valence-electron chi connectivity index (χ0n) is 13.7. The molecule has 0 spiro atoms. The predicted molar refractivity (Wildman–Crippen MR) is 98.7 cm³/mol. The van der Waals surface area contributed by atoms with Crippen LogP contribution >= 0.6 is 8.38 Å². The SMILES string of the molecule is [O-]P1O[C@@H](c2ccccc2)[C@@H](c2ccccc2)N[C@H]1c1ccccc1. The summed E-state index contributed by atoms with van der Waals surface area (Å²) in [5.41, 5.74) is 3.13. The summed E-state index contributed by atoms with van der Waals surface area (Å²) < 4.78 is 6.05. The molecule has 4 atom stereocenters. The van der Waals surface area contributed by atoms with Crippen LogP contribution in [0.2, 0.25) is 0 Å². The summed E-state index contributed by atoms with van der Waals surface area (Å²) >= 11 is 0. The molecule has 1 fully saturated rings. The van der Waals surface area contributed by atoms with Gasteiger partial charge in [-0.2, -0.15) is 0 Å². The number of hydrogen-bond donors (Lipinski definition) is 1. The molecule has 1 unspecified atom stereocenters. The van der Waals surface area contributed by atoms with Crippen LogP contribution in [0.4, 0.5) is 0 Å². The van der Waals surface area contributed by atoms with E-state index < -0.39 is 8.38 Å². The van der Waals surface area contributed by atoms with Crippen LogP contribution in [-0.2, 0) is 4.52 Å². The van der Waals surface area contributed by atoms with Crippen molar-refractivity contribution in [2.75, 3.05) is 0 Å². The minimum absolute atomic E-state index is 0.0680. The monoisotopic (exact) mass is 348 g/mol. The second-order valence-electron chi connectivity index (χ2n) is 6.09. The Bertz CT molecular complexity index is 798. The highest BCUT2D eigenvalue weighted by molar-refractivity contribution is 7.45. The Morgan fingerprint density at radius 1 is 0.680 bits per heavy atom. The first-order chi connectivity index (χ1) is 12.3. The largest absolute Gasteiger partial charge is 0.807 e. The first-order valence-electron chi connectivity index (χ1n) is 8.37. The van der Waals surface area contributed by atoms with Crippen LogP contribution in [0.25, 0.3) is 0 Å². The zero-order valence-corrected chi connectivity index (χ0v) is 14.6. The highest BCUT2D eigenvalue weighted by Crippen LogP contribution is 2.55. The van der Waals surface area contributed by atoms with Crippen molar-refractivity contribution in [1.82, 2.24) is 5.32 Å². The van der Waals surface area contributed by atoms with Crippen LogP contribution in [0.5, 0.6) is 0 Å². The van der Waals surface area contributed by atoms with E-state index in [1.54, 1.807) is 0 Å². The zero-order chi connectivity index (χ0) is 17.1. The van der Waals surface area contributed by atoms with Crippen LogP contribution in [0.3, 0.4) is 0 Å². The lowest BCUT2D eigenvalue weighted by molar-refractivity contribution is -0.193. The first-order valence-corrected chi connectivity index (χ1v) is 9.61. The standard InChI is InChI=1S/C21H19NO2P/c23-25-21(18-14-8-3-9-15-18)22-19(16-10-4-1-5-11-16)20(24-25)17-12-6-2-7-13-17/h1-15,19-22H/q-1/t19-,20+,21-,25?/m1/s1. The minimum Gasteiger partial charge on any atom is -0.807 e. The van der Waals surface area contributed by atoms with E-state index in [1.807, 2.05) is 78.9 Å². The van der Waals surface area contributed by atoms with Gasteiger partial charge in [-0.1, -0.05) is 91.0 Å². The molecule has 1 N–H and O–H groups in total. The third kappa shape index (κ3) is 3.51. The molecule has 3 nitrogen and oxygen atoms in total. The fourth-order valence-electron chi connectivity index (χ4n) is 3.23. The van der Waals surface area contributed by atoms with Gasteiger partial charge in [0.05, 0.1) is 11.8 Å². The molecule has 0 radical (unpaired) electrons. The molecule has 25 heavy (non-hydrogen) atoms. The normalized spacial score (nSPS) is 26.3. The summed E-state index contributed by atoms with van der Waals surface area (Å²) in [6, 6.07) is 30.0. The van der Waals surface area contributed by atoms with Gasteiger partial charge in [0, 0.05) is 0 Å². The Balaban J connectivity index is 1.71. The van der Waals surface area contributed by atoms with E-state index in [4.69, 9.17) is 4.52 Å². The van der Waals surface area contributed by atoms with Crippen molar-refractivity contribution >= 4 is 8.38 Å². The molecule has 1 aliphatic rings. The molecular formula is C21H19NO2P-. The Hall–Kier alpha value is -2.03. The number of hydrogen-bond acceptors (Lipinski definition) is 3. The summed E-state index contributed by atoms with van der Waals surface area (Å²) in [6.07, 6.45) is -0.285. The molecule has 4 rings (SSSR count). The maximum atomic E-state index is 12.8. The quantitative estimate of drug-likeness (QED) is 0.711. The van der Waals surface area contributed by atoms with Crippen LogP contribution < -0.4 is 10.2 Å². The third-order valence-corrected chi connectivity index (χ3v) is 5.77. The Morgan fingerprint density at radius 2 is 1.16 bits per heavy atom. The van der Waals surface area contributed by atoms with Crippen LogP contribution in [0, 0.1) is 0 Å². The Morgan fingerprint density at radius 3 is 1.72 bits per heavy atom. The lowest BCUT2D eigenvalue weighted by Crippen LogP contribution is -2.38. The van der Waals surface area contributed by atoms with E-state index in [2.05, 4.69) is 17.4 Å². The summed E-state index contributed by atoms with van der Waals surface area (Å²) in [5.74, 6) is -0.318. The summed E-state index contributed by atoms with van der Waals surface area (Å²) in [7, 11) is -1.87. The lowest BCUT2D eigenvalue weighted by atomic mass is 9.95. The molecule has 0 aromatic heterocycles. The molecule has 3 aromatic carbocycles. The van der Waals surface area contributed by atoms with Crippen molar-refractivity contribution in [3.8, 4) is 0 Å². The molecule has 3 aromatic rings. The molecular weight excluding hydrogens is 329 g/mol. The predicted octanol–water partition coefficient (Wildman–Crippen LogP) is 4.46. The number of nitrogens with one attached hydrogen (secondary N) is 1. The van der Waals surface area contributed by atoms with Crippen LogP contribution in [0.1, 0.15) is 34.6 Å². The van der Waals surface area contributed by atoms with Crippen molar-refractivity contribution in [3.05, 3.63) is 108 Å². The van der Waals surface area contributed by atoms with Gasteiger partial charge >= 0.3 is 0 Å². The number of rotatable bonds is 3. The Labute approximate surface area is 149 Å². The van der Waals surface area contributed by atoms with E-state index in [0.29, 0.717) is 0 Å². The second-order valence-corrected chi connectivity index (χ2v) is 7.39. The fraction of sp³-hybridized carbons (Fsp3) is 0.143. The van der Waals surface area contributed by atoms with Gasteiger partial charge in [0.2, 0.25) is 0 Å². The lowest BCUT2D eigenvalue weighted by Gasteiger charge is -2.46. The van der Waals surface area contributed by atoms with Gasteiger partial charge in [-0.05, 0) is 25.1 Å². The minimum atomic E-state index is -1.87. The van der Waals surface area contributed by atoms with Crippen molar-refractivity contribution in [1.29, 1.82) is 0 Å². The third-order valence-electron chi connectivity index (χ3n) is 4.47. The molecule has 0 aliphatic carbocycles. The van der Waals surface area contributed by atoms with Crippen molar-refractivity contribution in [3.63, 3.8) is 0 Å². The summed E-state index contributed by atoms with van der Waals surface area (Å²) in [6.45, 7) is 0. The van der Waals surface area contributed by atoms with Gasteiger partial charge in [0.15, 0.2) is 0 Å². The van der Waals surface area contributed by atoms with Crippen molar-refractivity contribution < 1.29 is 9.42 Å². The van der Waals surface area contributed by atoms with Crippen LogP contribution in [0.15, 0.2) is 91.0 Å². The second kappa shape index (κ2) is 7.47. The molecule has 126 valence electrons. The number of benzene rings is 3. The van der Waals surface area contributed by atoms with Gasteiger partial charge in [-0.15, -0.1) is 0 Å². The van der Waals surface area contributed by atoms with E-state index in [0.717, 1.165) is 16.7 Å². The molecule has 4 heteroatoms. The molecule has 1 heterocycles. The van der Waals surface area contributed by atoms with Gasteiger partial charge < -0.3 is 9.42 Å². The average Bonchev–Trinajstić information content (AvgIpc) is 2.70. The van der Waals surface area contributed by atoms with E-state index in [1.165, 1.54) is 0 Å².